The van der Waals surface area contributed by atoms with Gasteiger partial charge >= 0.3 is 0 Å². The third-order valence-electron chi connectivity index (χ3n) is 2.69. The van der Waals surface area contributed by atoms with Crippen molar-refractivity contribution in [2.45, 2.75) is 12.8 Å². The van der Waals surface area contributed by atoms with Gasteiger partial charge in [-0.05, 0) is 24.6 Å². The Morgan fingerprint density at radius 3 is 3.13 bits per heavy atom. The predicted octanol–water partition coefficient (Wildman–Crippen LogP) is 1.93. The van der Waals surface area contributed by atoms with Crippen LogP contribution in [0.1, 0.15) is 18.4 Å². The molecule has 1 atom stereocenters. The molecule has 5 heteroatoms. The van der Waals surface area contributed by atoms with Gasteiger partial charge in [0.2, 0.25) is 5.91 Å². The van der Waals surface area contributed by atoms with Crippen molar-refractivity contribution in [2.75, 3.05) is 11.1 Å². The molecule has 15 heavy (non-hydrogen) atoms. The van der Waals surface area contributed by atoms with Crippen LogP contribution in [0.4, 0.5) is 10.8 Å². The topological polar surface area (TPSA) is 68.0 Å². The average Bonchev–Trinajstić information content (AvgIpc) is 2.65. The van der Waals surface area contributed by atoms with Gasteiger partial charge in [-0.25, -0.2) is 4.98 Å². The van der Waals surface area contributed by atoms with E-state index in [2.05, 4.69) is 10.3 Å². The Balaban J connectivity index is 2.30. The zero-order valence-corrected chi connectivity index (χ0v) is 8.89. The summed E-state index contributed by atoms with van der Waals surface area (Å²) in [5.41, 5.74) is 8.39. The van der Waals surface area contributed by atoms with Gasteiger partial charge < -0.3 is 11.1 Å². The Morgan fingerprint density at radius 1 is 1.53 bits per heavy atom. The van der Waals surface area contributed by atoms with Crippen LogP contribution in [0, 0.1) is 0 Å². The molecule has 3 N–H and O–H groups in total. The summed E-state index contributed by atoms with van der Waals surface area (Å²) in [5.74, 6) is -0.0247. The van der Waals surface area contributed by atoms with Gasteiger partial charge in [0.05, 0.1) is 16.1 Å². The first-order valence-corrected chi connectivity index (χ1v) is 5.47. The molecule has 1 aromatic carbocycles. The number of nitrogens with one attached hydrogen (secondary N) is 1. The molecule has 0 saturated carbocycles. The summed E-state index contributed by atoms with van der Waals surface area (Å²) in [6.45, 7) is 1.90. The number of nitrogens with zero attached hydrogens (tertiary/aromatic N) is 1. The molecule has 0 spiro atoms. The standard InChI is InChI=1S/C10H9N3OS/c1-4-5-2-8-7(13-10(11)15-8)3-6(5)12-9(4)14/h2-4H,1H3,(H2,11,13)(H,12,14)/t4-/m1/s1. The Kier molecular flexibility index (Phi) is 1.56. The monoisotopic (exact) mass is 219 g/mol. The molecule has 1 amide bonds. The van der Waals surface area contributed by atoms with E-state index in [9.17, 15) is 4.79 Å². The van der Waals surface area contributed by atoms with Crippen molar-refractivity contribution < 1.29 is 4.79 Å². The lowest BCUT2D eigenvalue weighted by Gasteiger charge is -1.99. The molecule has 4 nitrogen and oxygen atoms in total. The number of nitrogens with two attached hydrogens (primary N) is 1. The number of amides is 1. The first-order valence-electron chi connectivity index (χ1n) is 4.66. The van der Waals surface area contributed by atoms with Crippen molar-refractivity contribution in [1.82, 2.24) is 4.98 Å². The lowest BCUT2D eigenvalue weighted by molar-refractivity contribution is -0.116. The molecule has 1 aliphatic rings. The van der Waals surface area contributed by atoms with Crippen LogP contribution in [0.5, 0.6) is 0 Å². The highest BCUT2D eigenvalue weighted by molar-refractivity contribution is 7.22. The molecular weight excluding hydrogens is 210 g/mol. The molecule has 0 aliphatic carbocycles. The maximum atomic E-state index is 11.4. The summed E-state index contributed by atoms with van der Waals surface area (Å²) in [4.78, 5) is 15.6. The van der Waals surface area contributed by atoms with Crippen molar-refractivity contribution in [3.63, 3.8) is 0 Å². The Bertz CT molecular complexity index is 575. The fraction of sp³-hybridized carbons (Fsp3) is 0.200. The predicted molar refractivity (Wildman–Crippen MR) is 61.1 cm³/mol. The second kappa shape index (κ2) is 2.70. The molecule has 1 aromatic heterocycles. The SMILES string of the molecule is C[C@H]1C(=O)Nc2cc3nc(N)sc3cc21. The number of anilines is 2. The largest absolute Gasteiger partial charge is 0.375 e. The van der Waals surface area contributed by atoms with Crippen LogP contribution in [-0.4, -0.2) is 10.9 Å². The van der Waals surface area contributed by atoms with Crippen LogP contribution in [0.15, 0.2) is 12.1 Å². The van der Waals surface area contributed by atoms with Crippen molar-refractivity contribution in [1.29, 1.82) is 0 Å². The van der Waals surface area contributed by atoms with E-state index in [0.29, 0.717) is 5.13 Å². The summed E-state index contributed by atoms with van der Waals surface area (Å²) in [6.07, 6.45) is 0. The Hall–Kier alpha value is -1.62. The van der Waals surface area contributed by atoms with E-state index in [1.54, 1.807) is 0 Å². The van der Waals surface area contributed by atoms with Crippen LogP contribution in [0.3, 0.4) is 0 Å². The number of carbonyl (C=O) groups is 1. The van der Waals surface area contributed by atoms with Gasteiger partial charge in [-0.2, -0.15) is 0 Å². The van der Waals surface area contributed by atoms with Gasteiger partial charge in [-0.1, -0.05) is 11.3 Å². The van der Waals surface area contributed by atoms with E-state index in [1.807, 2.05) is 19.1 Å². The van der Waals surface area contributed by atoms with Gasteiger partial charge in [-0.3, -0.25) is 4.79 Å². The third-order valence-corrected chi connectivity index (χ3v) is 3.54. The highest BCUT2D eigenvalue weighted by atomic mass is 32.1. The molecule has 0 bridgehead atoms. The number of thiazole rings is 1. The third kappa shape index (κ3) is 1.13. The second-order valence-electron chi connectivity index (χ2n) is 3.67. The molecule has 0 radical (unpaired) electrons. The number of fused-ring (bicyclic) bond motifs is 2. The second-order valence-corrected chi connectivity index (χ2v) is 4.73. The fourth-order valence-electron chi connectivity index (χ4n) is 1.86. The van der Waals surface area contributed by atoms with Crippen LogP contribution < -0.4 is 11.1 Å². The zero-order valence-electron chi connectivity index (χ0n) is 8.07. The van der Waals surface area contributed by atoms with Gasteiger partial charge in [-0.15, -0.1) is 0 Å². The first kappa shape index (κ1) is 8.67. The number of rotatable bonds is 0. The van der Waals surface area contributed by atoms with E-state index in [-0.39, 0.29) is 11.8 Å². The number of hydrogen-bond acceptors (Lipinski definition) is 4. The van der Waals surface area contributed by atoms with E-state index in [4.69, 9.17) is 5.73 Å². The summed E-state index contributed by atoms with van der Waals surface area (Å²) in [7, 11) is 0. The van der Waals surface area contributed by atoms with Crippen LogP contribution in [0.25, 0.3) is 10.2 Å². The minimum atomic E-state index is -0.0762. The minimum absolute atomic E-state index is 0.0515. The molecule has 2 aromatic rings. The van der Waals surface area contributed by atoms with Gasteiger partial charge in [0.25, 0.3) is 0 Å². The van der Waals surface area contributed by atoms with Gasteiger partial charge in [0.1, 0.15) is 0 Å². The molecule has 0 saturated heterocycles. The quantitative estimate of drug-likeness (QED) is 0.711. The summed E-state index contributed by atoms with van der Waals surface area (Å²) in [5, 5.41) is 3.40. The number of hydrogen-bond donors (Lipinski definition) is 2. The molecule has 0 fully saturated rings. The van der Waals surface area contributed by atoms with E-state index in [0.717, 1.165) is 21.5 Å². The number of aromatic nitrogens is 1. The summed E-state index contributed by atoms with van der Waals surface area (Å²) < 4.78 is 1.04. The zero-order chi connectivity index (χ0) is 10.6. The fourth-order valence-corrected chi connectivity index (χ4v) is 2.62. The maximum Gasteiger partial charge on any atom is 0.231 e. The Morgan fingerprint density at radius 2 is 2.33 bits per heavy atom. The lowest BCUT2D eigenvalue weighted by atomic mass is 10.0. The molecule has 76 valence electrons. The van der Waals surface area contributed by atoms with Crippen LogP contribution in [-0.2, 0) is 4.79 Å². The van der Waals surface area contributed by atoms with E-state index >= 15 is 0 Å². The van der Waals surface area contributed by atoms with Crippen LogP contribution in [0.2, 0.25) is 0 Å². The highest BCUT2D eigenvalue weighted by Crippen LogP contribution is 2.37. The lowest BCUT2D eigenvalue weighted by Crippen LogP contribution is -2.08. The van der Waals surface area contributed by atoms with Crippen molar-refractivity contribution in [3.8, 4) is 0 Å². The summed E-state index contributed by atoms with van der Waals surface area (Å²) in [6, 6.07) is 3.89. The first-order chi connectivity index (χ1) is 7.15. The normalized spacial score (nSPS) is 19.3. The van der Waals surface area contributed by atoms with Crippen LogP contribution >= 0.6 is 11.3 Å². The van der Waals surface area contributed by atoms with E-state index < -0.39 is 0 Å². The van der Waals surface area contributed by atoms with Gasteiger partial charge in [0.15, 0.2) is 5.13 Å². The maximum absolute atomic E-state index is 11.4. The smallest absolute Gasteiger partial charge is 0.231 e. The molecular formula is C10H9N3OS. The number of nitrogen functional groups attached to an aromatic ring is 1. The van der Waals surface area contributed by atoms with Crippen molar-refractivity contribution in [2.24, 2.45) is 0 Å². The molecule has 2 heterocycles. The molecule has 0 unspecified atom stereocenters. The van der Waals surface area contributed by atoms with Crippen molar-refractivity contribution in [3.05, 3.63) is 17.7 Å². The highest BCUT2D eigenvalue weighted by Gasteiger charge is 2.27. The Labute approximate surface area is 90.1 Å². The minimum Gasteiger partial charge on any atom is -0.375 e. The van der Waals surface area contributed by atoms with E-state index in [1.165, 1.54) is 11.3 Å². The number of carbonyl (C=O) groups excluding carboxylic acids is 1. The average molecular weight is 219 g/mol. The summed E-state index contributed by atoms with van der Waals surface area (Å²) >= 11 is 1.45. The molecule has 1 aliphatic heterocycles. The van der Waals surface area contributed by atoms with Gasteiger partial charge in [0, 0.05) is 5.69 Å². The van der Waals surface area contributed by atoms with Crippen molar-refractivity contribution >= 4 is 38.3 Å². The number of benzene rings is 1. The molecule has 3 rings (SSSR count).